The molecule has 0 aromatic heterocycles. The van der Waals surface area contributed by atoms with E-state index in [0.29, 0.717) is 12.6 Å². The van der Waals surface area contributed by atoms with Crippen LogP contribution in [-0.4, -0.2) is 61.9 Å². The zero-order chi connectivity index (χ0) is 15.9. The third kappa shape index (κ3) is 5.44. The van der Waals surface area contributed by atoms with Crippen molar-refractivity contribution in [1.29, 1.82) is 0 Å². The van der Waals surface area contributed by atoms with E-state index in [4.69, 9.17) is 9.47 Å². The van der Waals surface area contributed by atoms with Crippen LogP contribution >= 0.6 is 0 Å². The summed E-state index contributed by atoms with van der Waals surface area (Å²) in [7, 11) is 0. The molecule has 3 rings (SSSR count). The fourth-order valence-corrected chi connectivity index (χ4v) is 4.23. The lowest BCUT2D eigenvalue weighted by molar-refractivity contribution is -0.128. The largest absolute Gasteiger partial charge is 0.376 e. The average molecular weight is 324 g/mol. The Morgan fingerprint density at radius 1 is 1.09 bits per heavy atom. The van der Waals surface area contributed by atoms with Gasteiger partial charge in [0.25, 0.3) is 0 Å². The van der Waals surface area contributed by atoms with Crippen LogP contribution in [0.3, 0.4) is 0 Å². The van der Waals surface area contributed by atoms with Gasteiger partial charge in [-0.25, -0.2) is 0 Å². The molecule has 0 radical (unpaired) electrons. The molecule has 1 aliphatic carbocycles. The van der Waals surface area contributed by atoms with Gasteiger partial charge in [0.05, 0.1) is 12.7 Å². The summed E-state index contributed by atoms with van der Waals surface area (Å²) in [4.78, 5) is 14.7. The molecule has 0 aromatic rings. The Hall–Kier alpha value is -0.650. The Kier molecular flexibility index (Phi) is 6.72. The molecule has 0 bridgehead atoms. The van der Waals surface area contributed by atoms with Crippen molar-refractivity contribution >= 4 is 5.91 Å². The van der Waals surface area contributed by atoms with Crippen LogP contribution in [0.5, 0.6) is 0 Å². The number of carbonyl (C=O) groups is 1. The Morgan fingerprint density at radius 2 is 1.96 bits per heavy atom. The highest BCUT2D eigenvalue weighted by molar-refractivity contribution is 5.77. The molecule has 2 saturated heterocycles. The van der Waals surface area contributed by atoms with Gasteiger partial charge in [-0.05, 0) is 45.1 Å². The third-order valence-electron chi connectivity index (χ3n) is 5.47. The standard InChI is InChI=1S/C18H32N2O3/c21-18(14-22-13-17-9-5-11-23-17)19-15-6-4-10-20(12-15)16-7-2-1-3-8-16/h15-17H,1-14H2,(H,19,21)/t15-,17+/m1/s1. The first kappa shape index (κ1) is 17.2. The molecule has 5 heteroatoms. The molecule has 0 aromatic carbocycles. The van der Waals surface area contributed by atoms with E-state index in [1.165, 1.54) is 45.1 Å². The first-order valence-electron chi connectivity index (χ1n) is 9.54. The number of hydrogen-bond donors (Lipinski definition) is 1. The van der Waals surface area contributed by atoms with Gasteiger partial charge in [0.2, 0.25) is 5.91 Å². The van der Waals surface area contributed by atoms with Crippen LogP contribution in [-0.2, 0) is 14.3 Å². The summed E-state index contributed by atoms with van der Waals surface area (Å²) in [6.45, 7) is 3.76. The number of nitrogens with zero attached hydrogens (tertiary/aromatic N) is 1. The number of carbonyl (C=O) groups excluding carboxylic acids is 1. The Morgan fingerprint density at radius 3 is 2.74 bits per heavy atom. The second-order valence-corrected chi connectivity index (χ2v) is 7.34. The lowest BCUT2D eigenvalue weighted by atomic mass is 9.92. The number of hydrogen-bond acceptors (Lipinski definition) is 4. The quantitative estimate of drug-likeness (QED) is 0.813. The molecule has 1 amide bonds. The second-order valence-electron chi connectivity index (χ2n) is 7.34. The molecule has 2 heterocycles. The van der Waals surface area contributed by atoms with Gasteiger partial charge >= 0.3 is 0 Å². The topological polar surface area (TPSA) is 50.8 Å². The van der Waals surface area contributed by atoms with E-state index in [-0.39, 0.29) is 18.6 Å². The second kappa shape index (κ2) is 9.00. The summed E-state index contributed by atoms with van der Waals surface area (Å²) in [5.41, 5.74) is 0. The van der Waals surface area contributed by atoms with Crippen molar-refractivity contribution in [1.82, 2.24) is 10.2 Å². The first-order chi connectivity index (χ1) is 11.3. The van der Waals surface area contributed by atoms with Gasteiger partial charge in [-0.15, -0.1) is 0 Å². The van der Waals surface area contributed by atoms with Crippen molar-refractivity contribution in [2.24, 2.45) is 0 Å². The highest BCUT2D eigenvalue weighted by atomic mass is 16.5. The lowest BCUT2D eigenvalue weighted by Gasteiger charge is -2.40. The monoisotopic (exact) mass is 324 g/mol. The van der Waals surface area contributed by atoms with E-state index in [0.717, 1.165) is 38.5 Å². The zero-order valence-electron chi connectivity index (χ0n) is 14.3. The molecule has 132 valence electrons. The molecule has 0 spiro atoms. The summed E-state index contributed by atoms with van der Waals surface area (Å²) >= 11 is 0. The third-order valence-corrected chi connectivity index (χ3v) is 5.47. The van der Waals surface area contributed by atoms with Crippen molar-refractivity contribution in [2.45, 2.75) is 76.0 Å². The number of nitrogens with one attached hydrogen (secondary N) is 1. The minimum atomic E-state index is 0.0264. The van der Waals surface area contributed by atoms with Crippen molar-refractivity contribution in [3.63, 3.8) is 0 Å². The summed E-state index contributed by atoms with van der Waals surface area (Å²) in [5.74, 6) is 0.0264. The summed E-state index contributed by atoms with van der Waals surface area (Å²) in [6, 6.07) is 1.05. The lowest BCUT2D eigenvalue weighted by Crippen LogP contribution is -2.52. The van der Waals surface area contributed by atoms with Crippen LogP contribution in [0.15, 0.2) is 0 Å². The number of ether oxygens (including phenoxy) is 2. The maximum atomic E-state index is 12.1. The Balaban J connectivity index is 1.34. The van der Waals surface area contributed by atoms with Gasteiger partial charge < -0.3 is 14.8 Å². The number of piperidine rings is 1. The van der Waals surface area contributed by atoms with E-state index < -0.39 is 0 Å². The van der Waals surface area contributed by atoms with Crippen molar-refractivity contribution in [3.8, 4) is 0 Å². The van der Waals surface area contributed by atoms with Crippen molar-refractivity contribution in [3.05, 3.63) is 0 Å². The van der Waals surface area contributed by atoms with Crippen molar-refractivity contribution in [2.75, 3.05) is 32.9 Å². The molecule has 23 heavy (non-hydrogen) atoms. The molecule has 5 nitrogen and oxygen atoms in total. The summed E-state index contributed by atoms with van der Waals surface area (Å²) in [6.07, 6.45) is 11.5. The normalized spacial score (nSPS) is 30.4. The van der Waals surface area contributed by atoms with Crippen molar-refractivity contribution < 1.29 is 14.3 Å². The molecular weight excluding hydrogens is 292 g/mol. The van der Waals surface area contributed by atoms with Gasteiger partial charge in [-0.1, -0.05) is 19.3 Å². The fourth-order valence-electron chi connectivity index (χ4n) is 4.23. The Bertz CT molecular complexity index is 365. The smallest absolute Gasteiger partial charge is 0.246 e. The highest BCUT2D eigenvalue weighted by Gasteiger charge is 2.27. The van der Waals surface area contributed by atoms with Crippen LogP contribution in [0.25, 0.3) is 0 Å². The average Bonchev–Trinajstić information content (AvgIpc) is 3.09. The number of amides is 1. The van der Waals surface area contributed by atoms with Crippen LogP contribution in [0.4, 0.5) is 0 Å². The fraction of sp³-hybridized carbons (Fsp3) is 0.944. The predicted octanol–water partition coefficient (Wildman–Crippen LogP) is 2.10. The van der Waals surface area contributed by atoms with Crippen LogP contribution < -0.4 is 5.32 Å². The number of rotatable bonds is 6. The minimum absolute atomic E-state index is 0.0264. The van der Waals surface area contributed by atoms with E-state index in [2.05, 4.69) is 10.2 Å². The minimum Gasteiger partial charge on any atom is -0.376 e. The maximum absolute atomic E-state index is 12.1. The van der Waals surface area contributed by atoms with Gasteiger partial charge in [0.15, 0.2) is 0 Å². The van der Waals surface area contributed by atoms with Crippen LogP contribution in [0.1, 0.15) is 57.8 Å². The molecule has 1 saturated carbocycles. The molecule has 2 atom stereocenters. The maximum Gasteiger partial charge on any atom is 0.246 e. The SMILES string of the molecule is O=C(COC[C@@H]1CCCO1)N[C@@H]1CCCN(C2CCCCC2)C1. The Labute approximate surface area is 140 Å². The number of likely N-dealkylation sites (tertiary alicyclic amines) is 1. The van der Waals surface area contributed by atoms with Gasteiger partial charge in [-0.3, -0.25) is 9.69 Å². The van der Waals surface area contributed by atoms with E-state index >= 15 is 0 Å². The van der Waals surface area contributed by atoms with Crippen LogP contribution in [0.2, 0.25) is 0 Å². The first-order valence-corrected chi connectivity index (χ1v) is 9.54. The highest BCUT2D eigenvalue weighted by Crippen LogP contribution is 2.25. The predicted molar refractivity (Wildman–Crippen MR) is 89.4 cm³/mol. The van der Waals surface area contributed by atoms with Crippen LogP contribution in [0, 0.1) is 0 Å². The molecule has 0 unspecified atom stereocenters. The summed E-state index contributed by atoms with van der Waals surface area (Å²) in [5, 5.41) is 3.17. The van der Waals surface area contributed by atoms with Gasteiger partial charge in [-0.2, -0.15) is 0 Å². The molecule has 2 aliphatic heterocycles. The van der Waals surface area contributed by atoms with E-state index in [1.807, 2.05) is 0 Å². The molecular formula is C18H32N2O3. The van der Waals surface area contributed by atoms with E-state index in [9.17, 15) is 4.79 Å². The van der Waals surface area contributed by atoms with E-state index in [1.54, 1.807) is 0 Å². The zero-order valence-corrected chi connectivity index (χ0v) is 14.3. The molecule has 3 fully saturated rings. The van der Waals surface area contributed by atoms with Gasteiger partial charge in [0, 0.05) is 25.2 Å². The van der Waals surface area contributed by atoms with Gasteiger partial charge in [0.1, 0.15) is 6.61 Å². The molecule has 1 N–H and O–H groups in total. The molecule has 3 aliphatic rings. The summed E-state index contributed by atoms with van der Waals surface area (Å²) < 4.78 is 11.0.